The van der Waals surface area contributed by atoms with E-state index in [0.717, 1.165) is 36.4 Å². The largest absolute Gasteiger partial charge is 0.359 e. The minimum absolute atomic E-state index is 0.0903. The van der Waals surface area contributed by atoms with Crippen LogP contribution < -0.4 is 15.5 Å². The number of anilines is 2. The molecule has 1 saturated heterocycles. The van der Waals surface area contributed by atoms with Crippen molar-refractivity contribution in [2.24, 2.45) is 0 Å². The molecule has 2 aliphatic heterocycles. The molecule has 2 N–H and O–H groups in total. The summed E-state index contributed by atoms with van der Waals surface area (Å²) in [5.74, 6) is -0.630. The highest BCUT2D eigenvalue weighted by Crippen LogP contribution is 2.52. The van der Waals surface area contributed by atoms with Gasteiger partial charge in [0.2, 0.25) is 5.91 Å². The summed E-state index contributed by atoms with van der Waals surface area (Å²) in [5, 5.41) is 6.49. The lowest BCUT2D eigenvalue weighted by atomic mass is 9.83. The average molecular weight is 436 g/mol. The molecule has 5 rings (SSSR count). The monoisotopic (exact) mass is 435 g/mol. The number of rotatable bonds is 3. The molecule has 0 bridgehead atoms. The number of piperazine rings is 1. The number of hydrogen-bond acceptors (Lipinski definition) is 3. The smallest absolute Gasteiger partial charge is 0.221 e. The lowest BCUT2D eigenvalue weighted by molar-refractivity contribution is -0.114. The van der Waals surface area contributed by atoms with Gasteiger partial charge >= 0.3 is 0 Å². The molecule has 3 aromatic rings. The van der Waals surface area contributed by atoms with Gasteiger partial charge in [-0.05, 0) is 23.3 Å². The predicted molar refractivity (Wildman–Crippen MR) is 123 cm³/mol. The molecular formula is C25H23ClFN3O. The number of nitrogens with one attached hydrogen (secondary N) is 2. The van der Waals surface area contributed by atoms with Crippen LogP contribution in [0.15, 0.2) is 60.7 Å². The summed E-state index contributed by atoms with van der Waals surface area (Å²) in [5.41, 5.74) is 4.78. The first kappa shape index (κ1) is 20.0. The lowest BCUT2D eigenvalue weighted by Crippen LogP contribution is -2.57. The van der Waals surface area contributed by atoms with Crippen LogP contribution in [-0.2, 0) is 16.8 Å². The van der Waals surface area contributed by atoms with Crippen molar-refractivity contribution in [2.75, 3.05) is 29.9 Å². The number of hydrogen-bond donors (Lipinski definition) is 2. The number of para-hydroxylation sites is 1. The first-order chi connectivity index (χ1) is 15.0. The lowest BCUT2D eigenvalue weighted by Gasteiger charge is -2.45. The minimum Gasteiger partial charge on any atom is -0.359 e. The van der Waals surface area contributed by atoms with Gasteiger partial charge in [-0.2, -0.15) is 0 Å². The fourth-order valence-electron chi connectivity index (χ4n) is 5.06. The van der Waals surface area contributed by atoms with Crippen LogP contribution in [0.5, 0.6) is 0 Å². The first-order valence-corrected chi connectivity index (χ1v) is 10.8. The fraction of sp³-hybridized carbons (Fsp3) is 0.240. The van der Waals surface area contributed by atoms with Crippen molar-refractivity contribution in [1.29, 1.82) is 0 Å². The molecule has 1 atom stereocenters. The van der Waals surface area contributed by atoms with E-state index in [1.165, 1.54) is 12.5 Å². The Hall–Kier alpha value is -2.89. The molecule has 31 heavy (non-hydrogen) atoms. The van der Waals surface area contributed by atoms with Crippen molar-refractivity contribution in [2.45, 2.75) is 18.9 Å². The zero-order valence-electron chi connectivity index (χ0n) is 17.2. The molecule has 0 saturated carbocycles. The summed E-state index contributed by atoms with van der Waals surface area (Å²) in [4.78, 5) is 14.1. The molecule has 3 aromatic carbocycles. The van der Waals surface area contributed by atoms with Crippen molar-refractivity contribution in [3.63, 3.8) is 0 Å². The van der Waals surface area contributed by atoms with Crippen LogP contribution in [0, 0.1) is 5.82 Å². The van der Waals surface area contributed by atoms with Crippen molar-refractivity contribution in [3.8, 4) is 11.1 Å². The van der Waals surface area contributed by atoms with Gasteiger partial charge in [-0.1, -0.05) is 60.1 Å². The van der Waals surface area contributed by atoms with Crippen LogP contribution in [-0.4, -0.2) is 25.5 Å². The van der Waals surface area contributed by atoms with Gasteiger partial charge < -0.3 is 15.5 Å². The third-order valence-corrected chi connectivity index (χ3v) is 6.70. The molecule has 2 aliphatic rings. The molecule has 0 spiro atoms. The molecule has 2 heterocycles. The van der Waals surface area contributed by atoms with Gasteiger partial charge in [0.25, 0.3) is 0 Å². The third kappa shape index (κ3) is 3.20. The van der Waals surface area contributed by atoms with Gasteiger partial charge in [0, 0.05) is 55.5 Å². The quantitative estimate of drug-likeness (QED) is 0.610. The van der Waals surface area contributed by atoms with Crippen LogP contribution in [0.3, 0.4) is 0 Å². The summed E-state index contributed by atoms with van der Waals surface area (Å²) < 4.78 is 15.1. The Morgan fingerprint density at radius 3 is 2.68 bits per heavy atom. The van der Waals surface area contributed by atoms with Crippen LogP contribution in [0.25, 0.3) is 11.1 Å². The number of halogens is 2. The molecule has 0 radical (unpaired) electrons. The van der Waals surface area contributed by atoms with Crippen LogP contribution in [0.2, 0.25) is 5.02 Å². The normalized spacial score (nSPS) is 19.6. The number of carbonyl (C=O) groups excluding carboxylic acids is 1. The predicted octanol–water partition coefficient (Wildman–Crippen LogP) is 4.97. The number of fused-ring (bicyclic) bond motifs is 3. The Morgan fingerprint density at radius 2 is 1.90 bits per heavy atom. The van der Waals surface area contributed by atoms with E-state index in [2.05, 4.69) is 27.7 Å². The van der Waals surface area contributed by atoms with Gasteiger partial charge in [-0.25, -0.2) is 4.39 Å². The zero-order chi connectivity index (χ0) is 21.6. The standard InChI is InChI=1S/C25H23ClFN3O/c1-16(31)29-21-10-6-5-9-18(21)23-19-14-25(17-7-3-2-4-8-17)15-28-11-12-30(25)22(19)13-20(27)24(23)26/h2-10,13,28H,11-12,14-15H2,1H3,(H,29,31). The van der Waals surface area contributed by atoms with Gasteiger partial charge in [0.15, 0.2) is 0 Å². The first-order valence-electron chi connectivity index (χ1n) is 10.4. The Kier molecular flexibility index (Phi) is 4.95. The maximum absolute atomic E-state index is 15.1. The second-order valence-electron chi connectivity index (χ2n) is 8.17. The number of amides is 1. The fourth-order valence-corrected chi connectivity index (χ4v) is 5.33. The van der Waals surface area contributed by atoms with Gasteiger partial charge in [0.05, 0.1) is 10.6 Å². The van der Waals surface area contributed by atoms with Crippen molar-refractivity contribution < 1.29 is 9.18 Å². The minimum atomic E-state index is -0.449. The molecule has 158 valence electrons. The number of carbonyl (C=O) groups is 1. The molecule has 0 aliphatic carbocycles. The van der Waals surface area contributed by atoms with E-state index in [4.69, 9.17) is 11.6 Å². The summed E-state index contributed by atoms with van der Waals surface area (Å²) in [6, 6.07) is 19.4. The Bertz CT molecular complexity index is 1170. The maximum Gasteiger partial charge on any atom is 0.221 e. The topological polar surface area (TPSA) is 44.4 Å². The summed E-state index contributed by atoms with van der Waals surface area (Å²) in [6.07, 6.45) is 0.698. The van der Waals surface area contributed by atoms with Crippen molar-refractivity contribution in [1.82, 2.24) is 5.32 Å². The van der Waals surface area contributed by atoms with Gasteiger partial charge in [-0.15, -0.1) is 0 Å². The van der Waals surface area contributed by atoms with E-state index in [-0.39, 0.29) is 16.5 Å². The Balaban J connectivity index is 1.74. The maximum atomic E-state index is 15.1. The molecule has 6 heteroatoms. The SMILES string of the molecule is CC(=O)Nc1ccccc1-c1c(Cl)c(F)cc2c1CC1(c3ccccc3)CNCCN21. The van der Waals surface area contributed by atoms with E-state index in [0.29, 0.717) is 17.7 Å². The second-order valence-corrected chi connectivity index (χ2v) is 8.55. The van der Waals surface area contributed by atoms with Gasteiger partial charge in [0.1, 0.15) is 5.82 Å². The molecule has 4 nitrogen and oxygen atoms in total. The van der Waals surface area contributed by atoms with E-state index in [9.17, 15) is 4.79 Å². The second kappa shape index (κ2) is 7.66. The van der Waals surface area contributed by atoms with E-state index in [1.807, 2.05) is 42.5 Å². The Labute approximate surface area is 186 Å². The molecule has 1 unspecified atom stereocenters. The van der Waals surface area contributed by atoms with E-state index in [1.54, 1.807) is 6.07 Å². The Morgan fingerprint density at radius 1 is 1.16 bits per heavy atom. The highest BCUT2D eigenvalue weighted by atomic mass is 35.5. The van der Waals surface area contributed by atoms with Crippen molar-refractivity contribution >= 4 is 28.9 Å². The third-order valence-electron chi connectivity index (χ3n) is 6.33. The summed E-state index contributed by atoms with van der Waals surface area (Å²) >= 11 is 6.59. The van der Waals surface area contributed by atoms with Crippen molar-refractivity contribution in [3.05, 3.63) is 82.6 Å². The van der Waals surface area contributed by atoms with Gasteiger partial charge in [-0.3, -0.25) is 4.79 Å². The number of benzene rings is 3. The van der Waals surface area contributed by atoms with Crippen LogP contribution in [0.4, 0.5) is 15.8 Å². The van der Waals surface area contributed by atoms with E-state index >= 15 is 4.39 Å². The van der Waals surface area contributed by atoms with Crippen LogP contribution in [0.1, 0.15) is 18.1 Å². The zero-order valence-corrected chi connectivity index (χ0v) is 18.0. The van der Waals surface area contributed by atoms with E-state index < -0.39 is 5.82 Å². The molecule has 1 amide bonds. The summed E-state index contributed by atoms with van der Waals surface area (Å²) in [7, 11) is 0. The highest BCUT2D eigenvalue weighted by molar-refractivity contribution is 6.34. The summed E-state index contributed by atoms with van der Waals surface area (Å²) in [6.45, 7) is 3.83. The molecule has 0 aromatic heterocycles. The average Bonchev–Trinajstić information content (AvgIpc) is 3.11. The van der Waals surface area contributed by atoms with Crippen LogP contribution >= 0.6 is 11.6 Å². The molecule has 1 fully saturated rings. The number of nitrogens with zero attached hydrogens (tertiary/aromatic N) is 1. The highest BCUT2D eigenvalue weighted by Gasteiger charge is 2.48. The molecular weight excluding hydrogens is 413 g/mol.